The van der Waals surface area contributed by atoms with E-state index in [-0.39, 0.29) is 6.04 Å². The summed E-state index contributed by atoms with van der Waals surface area (Å²) in [7, 11) is 0. The number of halogens is 3. The average Bonchev–Trinajstić information content (AvgIpc) is 2.75. The molecule has 0 aliphatic carbocycles. The van der Waals surface area contributed by atoms with Crippen LogP contribution in [-0.2, 0) is 13.0 Å². The second-order valence-corrected chi connectivity index (χ2v) is 5.55. The van der Waals surface area contributed by atoms with Crippen LogP contribution in [0.5, 0.6) is 0 Å². The zero-order valence-corrected chi connectivity index (χ0v) is 13.4. The van der Waals surface area contributed by atoms with Gasteiger partial charge in [0.25, 0.3) is 0 Å². The first-order valence-corrected chi connectivity index (χ1v) is 7.40. The molecule has 0 bridgehead atoms. The maximum absolute atomic E-state index is 13.4. The number of hydrazine groups is 1. The van der Waals surface area contributed by atoms with Crippen molar-refractivity contribution in [3.05, 3.63) is 51.3 Å². The molecule has 2 aromatic rings. The molecule has 4 nitrogen and oxygen atoms in total. The van der Waals surface area contributed by atoms with Crippen LogP contribution in [0.25, 0.3) is 0 Å². The van der Waals surface area contributed by atoms with Crippen LogP contribution in [0.15, 0.2) is 22.7 Å². The maximum atomic E-state index is 13.4. The number of hydrogen-bond acceptors (Lipinski definition) is 3. The fourth-order valence-corrected chi connectivity index (χ4v) is 2.71. The van der Waals surface area contributed by atoms with Crippen molar-refractivity contribution in [2.75, 3.05) is 0 Å². The molecule has 0 saturated heterocycles. The predicted molar refractivity (Wildman–Crippen MR) is 80.5 cm³/mol. The molecule has 21 heavy (non-hydrogen) atoms. The van der Waals surface area contributed by atoms with Gasteiger partial charge in [-0.25, -0.2) is 8.78 Å². The second kappa shape index (κ2) is 6.64. The van der Waals surface area contributed by atoms with E-state index in [1.807, 2.05) is 18.5 Å². The fraction of sp³-hybridized carbons (Fsp3) is 0.357. The molecule has 1 aromatic carbocycles. The molecule has 1 aromatic heterocycles. The lowest BCUT2D eigenvalue weighted by Gasteiger charge is -2.17. The normalized spacial score (nSPS) is 12.7. The molecule has 1 atom stereocenters. The highest BCUT2D eigenvalue weighted by Crippen LogP contribution is 2.27. The van der Waals surface area contributed by atoms with E-state index in [2.05, 4.69) is 26.5 Å². The zero-order chi connectivity index (χ0) is 15.6. The highest BCUT2D eigenvalue weighted by atomic mass is 79.9. The maximum Gasteiger partial charge on any atom is 0.159 e. The minimum Gasteiger partial charge on any atom is -0.271 e. The van der Waals surface area contributed by atoms with E-state index < -0.39 is 11.6 Å². The standard InChI is InChI=1S/C14H17BrF2N4/c1-3-21-13(14(15)8(2)20-21)7-12(19-18)9-4-5-10(16)11(17)6-9/h4-6,12,19H,3,7,18H2,1-2H3. The summed E-state index contributed by atoms with van der Waals surface area (Å²) < 4.78 is 29.2. The van der Waals surface area contributed by atoms with Gasteiger partial charge >= 0.3 is 0 Å². The van der Waals surface area contributed by atoms with Gasteiger partial charge in [-0.15, -0.1) is 0 Å². The van der Waals surface area contributed by atoms with E-state index in [1.165, 1.54) is 6.07 Å². The van der Waals surface area contributed by atoms with Crippen molar-refractivity contribution >= 4 is 15.9 Å². The molecule has 0 fully saturated rings. The monoisotopic (exact) mass is 358 g/mol. The van der Waals surface area contributed by atoms with Crippen LogP contribution in [-0.4, -0.2) is 9.78 Å². The van der Waals surface area contributed by atoms with Gasteiger partial charge in [-0.2, -0.15) is 5.10 Å². The number of aromatic nitrogens is 2. The Morgan fingerprint density at radius 3 is 2.67 bits per heavy atom. The molecule has 3 N–H and O–H groups in total. The summed E-state index contributed by atoms with van der Waals surface area (Å²) in [6.07, 6.45) is 0.511. The van der Waals surface area contributed by atoms with E-state index in [9.17, 15) is 8.78 Å². The summed E-state index contributed by atoms with van der Waals surface area (Å²) in [5.41, 5.74) is 5.08. The number of nitrogens with zero attached hydrogens (tertiary/aromatic N) is 2. The summed E-state index contributed by atoms with van der Waals surface area (Å²) in [6.45, 7) is 4.61. The van der Waals surface area contributed by atoms with Crippen LogP contribution in [0.4, 0.5) is 8.78 Å². The molecule has 114 valence electrons. The first-order valence-electron chi connectivity index (χ1n) is 6.60. The zero-order valence-electron chi connectivity index (χ0n) is 11.8. The minimum atomic E-state index is -0.882. The molecule has 7 heteroatoms. The second-order valence-electron chi connectivity index (χ2n) is 4.76. The number of rotatable bonds is 5. The first-order chi connectivity index (χ1) is 9.97. The van der Waals surface area contributed by atoms with Crippen molar-refractivity contribution < 1.29 is 8.78 Å². The van der Waals surface area contributed by atoms with Crippen molar-refractivity contribution in [1.82, 2.24) is 15.2 Å². The summed E-state index contributed by atoms with van der Waals surface area (Å²) >= 11 is 3.51. The quantitative estimate of drug-likeness (QED) is 0.638. The lowest BCUT2D eigenvalue weighted by molar-refractivity contribution is 0.490. The Morgan fingerprint density at radius 1 is 1.38 bits per heavy atom. The number of benzene rings is 1. The van der Waals surface area contributed by atoms with Crippen LogP contribution in [0.2, 0.25) is 0 Å². The van der Waals surface area contributed by atoms with Gasteiger partial charge in [0.1, 0.15) is 0 Å². The summed E-state index contributed by atoms with van der Waals surface area (Å²) in [5, 5.41) is 4.41. The van der Waals surface area contributed by atoms with Gasteiger partial charge in [-0.1, -0.05) is 6.07 Å². The number of nitrogens with one attached hydrogen (secondary N) is 1. The third kappa shape index (κ3) is 3.30. The van der Waals surface area contributed by atoms with Gasteiger partial charge < -0.3 is 0 Å². The lowest BCUT2D eigenvalue weighted by atomic mass is 10.0. The van der Waals surface area contributed by atoms with Gasteiger partial charge in [0.2, 0.25) is 0 Å². The van der Waals surface area contributed by atoms with Gasteiger partial charge in [-0.3, -0.25) is 16.0 Å². The van der Waals surface area contributed by atoms with Crippen LogP contribution in [0.1, 0.15) is 29.9 Å². The van der Waals surface area contributed by atoms with E-state index >= 15 is 0 Å². The van der Waals surface area contributed by atoms with E-state index in [0.717, 1.165) is 34.5 Å². The molecule has 1 heterocycles. The van der Waals surface area contributed by atoms with Gasteiger partial charge in [0.05, 0.1) is 21.9 Å². The van der Waals surface area contributed by atoms with Crippen molar-refractivity contribution in [3.63, 3.8) is 0 Å². The van der Waals surface area contributed by atoms with Crippen LogP contribution < -0.4 is 11.3 Å². The van der Waals surface area contributed by atoms with Gasteiger partial charge in [-0.05, 0) is 47.5 Å². The molecule has 0 radical (unpaired) electrons. The van der Waals surface area contributed by atoms with Gasteiger partial charge in [0, 0.05) is 13.0 Å². The number of nitrogens with two attached hydrogens (primary N) is 1. The third-order valence-corrected chi connectivity index (χ3v) is 4.43. The molecule has 0 aliphatic rings. The van der Waals surface area contributed by atoms with Crippen molar-refractivity contribution in [2.45, 2.75) is 32.9 Å². The van der Waals surface area contributed by atoms with Crippen LogP contribution in [0, 0.1) is 18.6 Å². The highest BCUT2D eigenvalue weighted by molar-refractivity contribution is 9.10. The Bertz CT molecular complexity index is 642. The third-order valence-electron chi connectivity index (χ3n) is 3.40. The Kier molecular flexibility index (Phi) is 5.08. The van der Waals surface area contributed by atoms with Gasteiger partial charge in [0.15, 0.2) is 11.6 Å². The summed E-state index contributed by atoms with van der Waals surface area (Å²) in [5.74, 6) is 3.83. The fourth-order valence-electron chi connectivity index (χ4n) is 2.26. The van der Waals surface area contributed by atoms with Crippen molar-refractivity contribution in [1.29, 1.82) is 0 Å². The SMILES string of the molecule is CCn1nc(C)c(Br)c1CC(NN)c1ccc(F)c(F)c1. The van der Waals surface area contributed by atoms with Crippen molar-refractivity contribution in [2.24, 2.45) is 5.84 Å². The molecule has 0 amide bonds. The van der Waals surface area contributed by atoms with E-state index in [1.54, 1.807) is 0 Å². The molecule has 0 saturated carbocycles. The summed E-state index contributed by atoms with van der Waals surface area (Å²) in [4.78, 5) is 0. The van der Waals surface area contributed by atoms with Crippen LogP contribution >= 0.6 is 15.9 Å². The Labute approximate surface area is 130 Å². The van der Waals surface area contributed by atoms with Crippen LogP contribution in [0.3, 0.4) is 0 Å². The molecular weight excluding hydrogens is 342 g/mol. The lowest BCUT2D eigenvalue weighted by Crippen LogP contribution is -2.30. The molecule has 1 unspecified atom stereocenters. The van der Waals surface area contributed by atoms with E-state index in [4.69, 9.17) is 5.84 Å². The topological polar surface area (TPSA) is 55.9 Å². The molecule has 2 rings (SSSR count). The largest absolute Gasteiger partial charge is 0.271 e. The van der Waals surface area contributed by atoms with E-state index in [0.29, 0.717) is 12.0 Å². The highest BCUT2D eigenvalue weighted by Gasteiger charge is 2.19. The number of aryl methyl sites for hydroxylation is 2. The molecule has 0 aliphatic heterocycles. The number of hydrogen-bond donors (Lipinski definition) is 2. The van der Waals surface area contributed by atoms with Crippen molar-refractivity contribution in [3.8, 4) is 0 Å². The minimum absolute atomic E-state index is 0.335. The Balaban J connectivity index is 2.33. The Hall–Kier alpha value is -1.31. The first kappa shape index (κ1) is 16.1. The average molecular weight is 359 g/mol. The Morgan fingerprint density at radius 2 is 2.10 bits per heavy atom. The summed E-state index contributed by atoms with van der Waals surface area (Å²) in [6, 6.07) is 3.45. The molecule has 0 spiro atoms. The smallest absolute Gasteiger partial charge is 0.159 e. The predicted octanol–water partition coefficient (Wildman–Crippen LogP) is 3.00. The molecular formula is C14H17BrF2N4.